The van der Waals surface area contributed by atoms with Crippen molar-refractivity contribution in [3.05, 3.63) is 45.1 Å². The predicted octanol–water partition coefficient (Wildman–Crippen LogP) is 4.56. The first-order valence-electron chi connectivity index (χ1n) is 6.11. The number of halogens is 3. The van der Waals surface area contributed by atoms with E-state index in [2.05, 4.69) is 9.89 Å². The maximum absolute atomic E-state index is 12.2. The molecule has 1 aromatic carbocycles. The number of nitrogens with zero attached hydrogens (tertiary/aromatic N) is 1. The molecule has 0 amide bonds. The van der Waals surface area contributed by atoms with Crippen LogP contribution in [0.15, 0.2) is 35.5 Å². The Morgan fingerprint density at radius 2 is 2.09 bits per heavy atom. The maximum Gasteiger partial charge on any atom is 0.387 e. The van der Waals surface area contributed by atoms with Gasteiger partial charge in [0.05, 0.1) is 17.7 Å². The summed E-state index contributed by atoms with van der Waals surface area (Å²) in [6.45, 7) is -2.60. The number of rotatable bonds is 7. The van der Waals surface area contributed by atoms with Crippen LogP contribution < -0.4 is 9.47 Å². The second kappa shape index (κ2) is 7.95. The topological polar surface area (TPSA) is 40.0 Å². The fourth-order valence-electron chi connectivity index (χ4n) is 1.59. The molecule has 0 aliphatic carbocycles. The van der Waals surface area contributed by atoms with Gasteiger partial charge in [0.2, 0.25) is 0 Å². The third-order valence-corrected chi connectivity index (χ3v) is 3.72. The van der Waals surface area contributed by atoms with Crippen molar-refractivity contribution in [3.63, 3.8) is 0 Å². The third kappa shape index (κ3) is 4.85. The summed E-state index contributed by atoms with van der Waals surface area (Å²) in [5.74, 6) is 0.151. The number of oxime groups is 1. The number of hydrogen-bond acceptors (Lipinski definition) is 5. The number of alkyl halides is 2. The summed E-state index contributed by atoms with van der Waals surface area (Å²) in [7, 11) is 1.37. The van der Waals surface area contributed by atoms with E-state index in [0.717, 1.165) is 4.88 Å². The lowest BCUT2D eigenvalue weighted by Gasteiger charge is -2.09. The van der Waals surface area contributed by atoms with Crippen molar-refractivity contribution in [2.24, 2.45) is 5.16 Å². The number of thiophene rings is 1. The van der Waals surface area contributed by atoms with Crippen LogP contribution in [0.3, 0.4) is 0 Å². The number of methoxy groups -OCH3 is 1. The minimum atomic E-state index is -2.91. The Labute approximate surface area is 134 Å². The van der Waals surface area contributed by atoms with Crippen molar-refractivity contribution >= 4 is 29.2 Å². The van der Waals surface area contributed by atoms with Gasteiger partial charge in [-0.2, -0.15) is 8.78 Å². The highest BCUT2D eigenvalue weighted by Gasteiger charge is 2.10. The van der Waals surface area contributed by atoms with E-state index in [1.165, 1.54) is 36.8 Å². The normalized spacial score (nSPS) is 11.1. The first-order valence-corrected chi connectivity index (χ1v) is 7.30. The molecule has 0 fully saturated rings. The van der Waals surface area contributed by atoms with E-state index >= 15 is 0 Å². The number of benzene rings is 1. The van der Waals surface area contributed by atoms with Crippen molar-refractivity contribution < 1.29 is 23.1 Å². The molecule has 8 heteroatoms. The number of ether oxygens (including phenoxy) is 2. The summed E-state index contributed by atoms with van der Waals surface area (Å²) in [6.07, 6.45) is 1.45. The average Bonchev–Trinajstić information content (AvgIpc) is 2.90. The first-order chi connectivity index (χ1) is 10.6. The predicted molar refractivity (Wildman–Crippen MR) is 81.3 cm³/mol. The van der Waals surface area contributed by atoms with Crippen LogP contribution in [-0.4, -0.2) is 19.9 Å². The van der Waals surface area contributed by atoms with Gasteiger partial charge >= 0.3 is 6.61 Å². The summed E-state index contributed by atoms with van der Waals surface area (Å²) in [6, 6.07) is 8.09. The van der Waals surface area contributed by atoms with Crippen LogP contribution >= 0.6 is 22.9 Å². The molecular weight excluding hydrogens is 336 g/mol. The molecule has 0 saturated carbocycles. The zero-order chi connectivity index (χ0) is 15.9. The lowest BCUT2D eigenvalue weighted by atomic mass is 10.2. The average molecular weight is 348 g/mol. The van der Waals surface area contributed by atoms with E-state index in [9.17, 15) is 8.78 Å². The molecule has 0 aliphatic rings. The molecule has 0 atom stereocenters. The Morgan fingerprint density at radius 3 is 2.73 bits per heavy atom. The maximum atomic E-state index is 12.2. The highest BCUT2D eigenvalue weighted by Crippen LogP contribution is 2.29. The molecule has 118 valence electrons. The Bertz CT molecular complexity index is 649. The molecule has 0 aliphatic heterocycles. The van der Waals surface area contributed by atoms with E-state index in [4.69, 9.17) is 21.2 Å². The van der Waals surface area contributed by atoms with Crippen molar-refractivity contribution in [3.8, 4) is 11.5 Å². The van der Waals surface area contributed by atoms with Gasteiger partial charge in [-0.05, 0) is 30.3 Å². The highest BCUT2D eigenvalue weighted by molar-refractivity contribution is 7.16. The van der Waals surface area contributed by atoms with Gasteiger partial charge in [0, 0.05) is 10.4 Å². The SMILES string of the molecule is COc1cc(/C=N/OCc2ccc(Cl)s2)ccc1OC(F)F. The molecule has 2 rings (SSSR count). The molecule has 0 unspecified atom stereocenters. The largest absolute Gasteiger partial charge is 0.493 e. The van der Waals surface area contributed by atoms with E-state index in [0.29, 0.717) is 16.5 Å². The van der Waals surface area contributed by atoms with Gasteiger partial charge in [0.25, 0.3) is 0 Å². The van der Waals surface area contributed by atoms with Crippen LogP contribution in [0.2, 0.25) is 4.34 Å². The molecule has 22 heavy (non-hydrogen) atoms. The van der Waals surface area contributed by atoms with Crippen molar-refractivity contribution in [1.29, 1.82) is 0 Å². The summed E-state index contributed by atoms with van der Waals surface area (Å²) in [5, 5.41) is 3.81. The molecular formula is C14H12ClF2NO3S. The molecule has 1 aromatic heterocycles. The van der Waals surface area contributed by atoms with Gasteiger partial charge in [-0.15, -0.1) is 11.3 Å². The highest BCUT2D eigenvalue weighted by atomic mass is 35.5. The minimum absolute atomic E-state index is 0.0382. The molecule has 0 N–H and O–H groups in total. The van der Waals surface area contributed by atoms with Gasteiger partial charge in [-0.1, -0.05) is 16.8 Å². The Balaban J connectivity index is 1.95. The van der Waals surface area contributed by atoms with Crippen LogP contribution in [0.1, 0.15) is 10.4 Å². The Morgan fingerprint density at radius 1 is 1.27 bits per heavy atom. The van der Waals surface area contributed by atoms with Crippen LogP contribution in [-0.2, 0) is 11.4 Å². The van der Waals surface area contributed by atoms with Crippen LogP contribution in [0, 0.1) is 0 Å². The van der Waals surface area contributed by atoms with E-state index in [-0.39, 0.29) is 11.5 Å². The standard InChI is InChI=1S/C14H12ClF2NO3S/c1-19-12-6-9(2-4-11(12)21-14(16)17)7-18-20-8-10-3-5-13(15)22-10/h2-7,14H,8H2,1H3/b18-7+. The van der Waals surface area contributed by atoms with E-state index < -0.39 is 6.61 Å². The Kier molecular flexibility index (Phi) is 5.97. The van der Waals surface area contributed by atoms with Gasteiger partial charge in [0.1, 0.15) is 0 Å². The molecule has 0 saturated heterocycles. The number of hydrogen-bond donors (Lipinski definition) is 0. The van der Waals surface area contributed by atoms with Gasteiger partial charge in [0.15, 0.2) is 18.1 Å². The molecule has 2 aromatic rings. The summed E-state index contributed by atoms with van der Waals surface area (Å²) >= 11 is 7.21. The fraction of sp³-hybridized carbons (Fsp3) is 0.214. The van der Waals surface area contributed by atoms with Crippen LogP contribution in [0.4, 0.5) is 8.78 Å². The summed E-state index contributed by atoms with van der Waals surface area (Å²) in [4.78, 5) is 6.08. The van der Waals surface area contributed by atoms with Crippen LogP contribution in [0.25, 0.3) is 0 Å². The van der Waals surface area contributed by atoms with Crippen LogP contribution in [0.5, 0.6) is 11.5 Å². The van der Waals surface area contributed by atoms with Crippen molar-refractivity contribution in [2.45, 2.75) is 13.2 Å². The zero-order valence-electron chi connectivity index (χ0n) is 11.5. The molecule has 0 radical (unpaired) electrons. The van der Waals surface area contributed by atoms with Crippen molar-refractivity contribution in [1.82, 2.24) is 0 Å². The molecule has 1 heterocycles. The molecule has 0 spiro atoms. The van der Waals surface area contributed by atoms with E-state index in [1.807, 2.05) is 6.07 Å². The zero-order valence-corrected chi connectivity index (χ0v) is 13.0. The monoisotopic (exact) mass is 347 g/mol. The minimum Gasteiger partial charge on any atom is -0.493 e. The summed E-state index contributed by atoms with van der Waals surface area (Å²) in [5.41, 5.74) is 0.627. The van der Waals surface area contributed by atoms with E-state index in [1.54, 1.807) is 12.1 Å². The molecule has 0 bridgehead atoms. The smallest absolute Gasteiger partial charge is 0.387 e. The quantitative estimate of drug-likeness (QED) is 0.544. The lowest BCUT2D eigenvalue weighted by molar-refractivity contribution is -0.0512. The molecule has 4 nitrogen and oxygen atoms in total. The van der Waals surface area contributed by atoms with Gasteiger partial charge in [-0.25, -0.2) is 0 Å². The second-order valence-corrected chi connectivity index (χ2v) is 5.80. The second-order valence-electron chi connectivity index (χ2n) is 4.00. The fourth-order valence-corrected chi connectivity index (χ4v) is 2.58. The van der Waals surface area contributed by atoms with Crippen molar-refractivity contribution in [2.75, 3.05) is 7.11 Å². The van der Waals surface area contributed by atoms with Gasteiger partial charge < -0.3 is 14.3 Å². The third-order valence-electron chi connectivity index (χ3n) is 2.52. The van der Waals surface area contributed by atoms with Gasteiger partial charge in [-0.3, -0.25) is 0 Å². The first kappa shape index (κ1) is 16.5. The Hall–Kier alpha value is -1.86. The lowest BCUT2D eigenvalue weighted by Crippen LogP contribution is -2.03. The summed E-state index contributed by atoms with van der Waals surface area (Å²) < 4.78 is 34.4.